The number of sulfonamides is 1. The average molecular weight is 362 g/mol. The smallest absolute Gasteiger partial charge is 0.263 e. The summed E-state index contributed by atoms with van der Waals surface area (Å²) in [6.45, 7) is 4.50. The molecule has 7 heteroatoms. The number of hydrogen-bond acceptors (Lipinski definition) is 5. The number of hydrogen-bond donors (Lipinski definition) is 1. The first-order chi connectivity index (χ1) is 11.5. The molecular formula is C17H18N2O3S2. The molecule has 0 amide bonds. The molecule has 0 aliphatic carbocycles. The molecule has 5 nitrogen and oxygen atoms in total. The van der Waals surface area contributed by atoms with E-state index in [1.807, 2.05) is 25.1 Å². The van der Waals surface area contributed by atoms with E-state index in [1.165, 1.54) is 29.0 Å². The Balaban J connectivity index is 1.85. The zero-order chi connectivity index (χ0) is 17.2. The third-order valence-electron chi connectivity index (χ3n) is 3.53. The van der Waals surface area contributed by atoms with Crippen LogP contribution in [0.25, 0.3) is 10.2 Å². The average Bonchev–Trinajstić information content (AvgIpc) is 2.96. The monoisotopic (exact) mass is 362 g/mol. The predicted molar refractivity (Wildman–Crippen MR) is 97.4 cm³/mol. The molecule has 126 valence electrons. The third-order valence-corrected chi connectivity index (χ3v) is 5.95. The van der Waals surface area contributed by atoms with E-state index in [9.17, 15) is 8.42 Å². The molecule has 3 aromatic rings. The van der Waals surface area contributed by atoms with Crippen LogP contribution < -0.4 is 9.46 Å². The van der Waals surface area contributed by atoms with Crippen LogP contribution in [-0.4, -0.2) is 20.0 Å². The Morgan fingerprint density at radius 1 is 1.12 bits per heavy atom. The maximum Gasteiger partial charge on any atom is 0.263 e. The maximum atomic E-state index is 12.5. The molecule has 1 N–H and O–H groups in total. The summed E-state index contributed by atoms with van der Waals surface area (Å²) in [7, 11) is -3.67. The van der Waals surface area contributed by atoms with E-state index in [2.05, 4.69) is 16.6 Å². The molecule has 0 aliphatic heterocycles. The molecule has 0 saturated heterocycles. The summed E-state index contributed by atoms with van der Waals surface area (Å²) in [6, 6.07) is 12.3. The molecule has 2 aromatic carbocycles. The van der Waals surface area contributed by atoms with Gasteiger partial charge in [0.15, 0.2) is 5.13 Å². The number of ether oxygens (including phenoxy) is 1. The van der Waals surface area contributed by atoms with E-state index in [0.29, 0.717) is 17.5 Å². The molecule has 1 aromatic heterocycles. The Labute approximate surface area is 145 Å². The summed E-state index contributed by atoms with van der Waals surface area (Å²) in [5.41, 5.74) is 1.99. The standard InChI is InChI=1S/C17H18N2O3S2/c1-3-12-5-10-15-16(11-12)23-17(18-15)19-24(20,21)14-8-6-13(7-9-14)22-4-2/h5-11H,3-4H2,1-2H3,(H,18,19). The quantitative estimate of drug-likeness (QED) is 0.718. The van der Waals surface area contributed by atoms with Crippen molar-refractivity contribution in [2.75, 3.05) is 11.3 Å². The summed E-state index contributed by atoms with van der Waals surface area (Å²) in [5, 5.41) is 0.368. The summed E-state index contributed by atoms with van der Waals surface area (Å²) in [5.74, 6) is 0.642. The molecule has 3 rings (SSSR count). The molecule has 0 fully saturated rings. The lowest BCUT2D eigenvalue weighted by atomic mass is 10.2. The first-order valence-corrected chi connectivity index (χ1v) is 9.97. The first kappa shape index (κ1) is 16.7. The van der Waals surface area contributed by atoms with Gasteiger partial charge in [0.1, 0.15) is 5.75 Å². The van der Waals surface area contributed by atoms with E-state index >= 15 is 0 Å². The maximum absolute atomic E-state index is 12.5. The van der Waals surface area contributed by atoms with Gasteiger partial charge in [0.25, 0.3) is 10.0 Å². The highest BCUT2D eigenvalue weighted by molar-refractivity contribution is 7.93. The predicted octanol–water partition coefficient (Wildman–Crippen LogP) is 4.06. The van der Waals surface area contributed by atoms with Crippen molar-refractivity contribution in [3.63, 3.8) is 0 Å². The van der Waals surface area contributed by atoms with Gasteiger partial charge in [0.05, 0.1) is 21.7 Å². The normalized spacial score (nSPS) is 11.6. The molecule has 0 atom stereocenters. The highest BCUT2D eigenvalue weighted by Crippen LogP contribution is 2.29. The van der Waals surface area contributed by atoms with Gasteiger partial charge >= 0.3 is 0 Å². The van der Waals surface area contributed by atoms with Crippen molar-refractivity contribution in [3.05, 3.63) is 48.0 Å². The number of aromatic nitrogens is 1. The van der Waals surface area contributed by atoms with Crippen LogP contribution in [0, 0.1) is 0 Å². The van der Waals surface area contributed by atoms with Gasteiger partial charge in [-0.3, -0.25) is 4.72 Å². The summed E-state index contributed by atoms with van der Waals surface area (Å²) in [4.78, 5) is 4.53. The fourth-order valence-electron chi connectivity index (χ4n) is 2.29. The molecule has 1 heterocycles. The lowest BCUT2D eigenvalue weighted by Crippen LogP contribution is -2.12. The van der Waals surface area contributed by atoms with Crippen molar-refractivity contribution in [2.24, 2.45) is 0 Å². The number of fused-ring (bicyclic) bond motifs is 1. The summed E-state index contributed by atoms with van der Waals surface area (Å²) >= 11 is 1.33. The van der Waals surface area contributed by atoms with Crippen LogP contribution in [0.1, 0.15) is 19.4 Å². The molecule has 0 radical (unpaired) electrons. The first-order valence-electron chi connectivity index (χ1n) is 7.67. The topological polar surface area (TPSA) is 68.3 Å². The van der Waals surface area contributed by atoms with Crippen LogP contribution in [0.3, 0.4) is 0 Å². The Kier molecular flexibility index (Phi) is 4.73. The van der Waals surface area contributed by atoms with Crippen LogP contribution in [-0.2, 0) is 16.4 Å². The molecule has 24 heavy (non-hydrogen) atoms. The van der Waals surface area contributed by atoms with Crippen LogP contribution in [0.4, 0.5) is 5.13 Å². The minimum absolute atomic E-state index is 0.180. The van der Waals surface area contributed by atoms with Gasteiger partial charge in [-0.1, -0.05) is 24.3 Å². The van der Waals surface area contributed by atoms with Gasteiger partial charge in [-0.15, -0.1) is 0 Å². The van der Waals surface area contributed by atoms with Crippen LogP contribution in [0.5, 0.6) is 5.75 Å². The van der Waals surface area contributed by atoms with Gasteiger partial charge in [-0.05, 0) is 55.3 Å². The Bertz CT molecular complexity index is 948. The molecule has 0 unspecified atom stereocenters. The second kappa shape index (κ2) is 6.78. The highest BCUT2D eigenvalue weighted by Gasteiger charge is 2.16. The highest BCUT2D eigenvalue weighted by atomic mass is 32.2. The van der Waals surface area contributed by atoms with Crippen molar-refractivity contribution in [3.8, 4) is 5.75 Å². The van der Waals surface area contributed by atoms with E-state index in [4.69, 9.17) is 4.74 Å². The molecule has 0 aliphatic rings. The third kappa shape index (κ3) is 3.52. The second-order valence-corrected chi connectivity index (χ2v) is 7.90. The van der Waals surface area contributed by atoms with Gasteiger partial charge < -0.3 is 4.74 Å². The second-order valence-electron chi connectivity index (χ2n) is 5.18. The zero-order valence-electron chi connectivity index (χ0n) is 13.4. The number of thiazole rings is 1. The number of benzene rings is 2. The van der Waals surface area contributed by atoms with Gasteiger partial charge in [-0.25, -0.2) is 13.4 Å². The van der Waals surface area contributed by atoms with Gasteiger partial charge in [0.2, 0.25) is 0 Å². The molecule has 0 spiro atoms. The number of nitrogens with one attached hydrogen (secondary N) is 1. The summed E-state index contributed by atoms with van der Waals surface area (Å²) in [6.07, 6.45) is 0.932. The van der Waals surface area contributed by atoms with E-state index in [-0.39, 0.29) is 4.90 Å². The van der Waals surface area contributed by atoms with Gasteiger partial charge in [-0.2, -0.15) is 0 Å². The van der Waals surface area contributed by atoms with E-state index in [0.717, 1.165) is 16.6 Å². The molecule has 0 saturated carbocycles. The number of nitrogens with zero attached hydrogens (tertiary/aromatic N) is 1. The van der Waals surface area contributed by atoms with Crippen molar-refractivity contribution >= 4 is 36.7 Å². The lowest BCUT2D eigenvalue weighted by molar-refractivity contribution is 0.340. The molecular weight excluding hydrogens is 344 g/mol. The van der Waals surface area contributed by atoms with E-state index in [1.54, 1.807) is 12.1 Å². The summed E-state index contributed by atoms with van der Waals surface area (Å²) < 4.78 is 33.8. The number of aryl methyl sites for hydroxylation is 1. The van der Waals surface area contributed by atoms with Crippen molar-refractivity contribution in [1.29, 1.82) is 0 Å². The Morgan fingerprint density at radius 2 is 1.88 bits per heavy atom. The van der Waals surface area contributed by atoms with E-state index < -0.39 is 10.0 Å². The molecule has 0 bridgehead atoms. The fraction of sp³-hybridized carbons (Fsp3) is 0.235. The Morgan fingerprint density at radius 3 is 2.54 bits per heavy atom. The van der Waals surface area contributed by atoms with Crippen molar-refractivity contribution in [2.45, 2.75) is 25.2 Å². The largest absolute Gasteiger partial charge is 0.494 e. The van der Waals surface area contributed by atoms with Crippen LogP contribution >= 0.6 is 11.3 Å². The zero-order valence-corrected chi connectivity index (χ0v) is 15.1. The minimum atomic E-state index is -3.67. The Hall–Kier alpha value is -2.12. The number of rotatable bonds is 6. The van der Waals surface area contributed by atoms with Gasteiger partial charge in [0, 0.05) is 0 Å². The minimum Gasteiger partial charge on any atom is -0.494 e. The fourth-order valence-corrected chi connectivity index (χ4v) is 4.45. The number of anilines is 1. The lowest BCUT2D eigenvalue weighted by Gasteiger charge is -2.06. The van der Waals surface area contributed by atoms with Crippen molar-refractivity contribution in [1.82, 2.24) is 4.98 Å². The van der Waals surface area contributed by atoms with Crippen LogP contribution in [0.15, 0.2) is 47.4 Å². The van der Waals surface area contributed by atoms with Crippen LogP contribution in [0.2, 0.25) is 0 Å². The van der Waals surface area contributed by atoms with Crippen molar-refractivity contribution < 1.29 is 13.2 Å². The SMILES string of the molecule is CCOc1ccc(S(=O)(=O)Nc2nc3ccc(CC)cc3s2)cc1.